The molecule has 0 saturated heterocycles. The summed E-state index contributed by atoms with van der Waals surface area (Å²) in [6.45, 7) is 13.6. The predicted octanol–water partition coefficient (Wildman–Crippen LogP) is 15.2. The van der Waals surface area contributed by atoms with Gasteiger partial charge < -0.3 is 14.2 Å². The van der Waals surface area contributed by atoms with E-state index in [0.717, 1.165) is 75.5 Å². The lowest BCUT2D eigenvalue weighted by atomic mass is 9.99. The third-order valence-electron chi connectivity index (χ3n) is 11.3. The highest BCUT2D eigenvalue weighted by atomic mass is 16.6. The van der Waals surface area contributed by atoms with Crippen LogP contribution in [0.1, 0.15) is 260 Å². The fraction of sp³-hybridized carbons (Fsp3) is 0.939. The Morgan fingerprint density at radius 1 is 0.364 bits per heavy atom. The van der Waals surface area contributed by atoms with Gasteiger partial charge in [0.1, 0.15) is 13.2 Å². The van der Waals surface area contributed by atoms with Crippen molar-refractivity contribution >= 4 is 17.9 Å². The summed E-state index contributed by atoms with van der Waals surface area (Å²) in [5.74, 6) is 1.57. The number of unbranched alkanes of at least 4 members (excludes halogenated alkanes) is 24. The van der Waals surface area contributed by atoms with Crippen LogP contribution in [0.5, 0.6) is 0 Å². The Morgan fingerprint density at radius 3 is 0.945 bits per heavy atom. The highest BCUT2D eigenvalue weighted by Crippen LogP contribution is 2.18. The Kier molecular flexibility index (Phi) is 39.4. The van der Waals surface area contributed by atoms with Crippen molar-refractivity contribution in [2.45, 2.75) is 266 Å². The van der Waals surface area contributed by atoms with Crippen molar-refractivity contribution < 1.29 is 28.6 Å². The fourth-order valence-electron chi connectivity index (χ4n) is 7.20. The van der Waals surface area contributed by atoms with E-state index in [4.69, 9.17) is 14.2 Å². The van der Waals surface area contributed by atoms with Crippen LogP contribution in [0.4, 0.5) is 0 Å². The number of carbonyl (C=O) groups excluding carboxylic acids is 3. The summed E-state index contributed by atoms with van der Waals surface area (Å²) in [4.78, 5) is 37.7. The Balaban J connectivity index is 4.23. The predicted molar refractivity (Wildman–Crippen MR) is 233 cm³/mol. The molecule has 0 amide bonds. The summed E-state index contributed by atoms with van der Waals surface area (Å²) in [5.41, 5.74) is 0. The van der Waals surface area contributed by atoms with Crippen LogP contribution in [-0.2, 0) is 28.6 Å². The molecule has 0 heterocycles. The van der Waals surface area contributed by atoms with Crippen LogP contribution in [0, 0.1) is 17.8 Å². The van der Waals surface area contributed by atoms with Gasteiger partial charge in [-0.1, -0.05) is 221 Å². The third-order valence-corrected chi connectivity index (χ3v) is 11.3. The summed E-state index contributed by atoms with van der Waals surface area (Å²) in [6.07, 6.45) is 38.2. The minimum atomic E-state index is -0.762. The maximum Gasteiger partial charge on any atom is 0.306 e. The molecule has 0 radical (unpaired) electrons. The lowest BCUT2D eigenvalue weighted by molar-refractivity contribution is -0.167. The van der Waals surface area contributed by atoms with Gasteiger partial charge in [-0.15, -0.1) is 0 Å². The van der Waals surface area contributed by atoms with E-state index >= 15 is 0 Å². The van der Waals surface area contributed by atoms with Crippen LogP contribution in [-0.4, -0.2) is 37.2 Å². The molecule has 0 aromatic carbocycles. The summed E-state index contributed by atoms with van der Waals surface area (Å²) < 4.78 is 16.7. The van der Waals surface area contributed by atoms with Gasteiger partial charge in [-0.3, -0.25) is 14.4 Å². The summed E-state index contributed by atoms with van der Waals surface area (Å²) in [5, 5.41) is 0. The summed E-state index contributed by atoms with van der Waals surface area (Å²) in [6, 6.07) is 0. The van der Waals surface area contributed by atoms with Crippen molar-refractivity contribution in [3.8, 4) is 0 Å². The smallest absolute Gasteiger partial charge is 0.306 e. The van der Waals surface area contributed by atoms with Gasteiger partial charge in [0.15, 0.2) is 6.10 Å². The zero-order chi connectivity index (χ0) is 40.6. The second-order valence-electron chi connectivity index (χ2n) is 17.9. The molecule has 0 aromatic heterocycles. The van der Waals surface area contributed by atoms with Crippen LogP contribution in [0.3, 0.4) is 0 Å². The lowest BCUT2D eigenvalue weighted by Crippen LogP contribution is -2.30. The molecular weight excluding hydrogens is 685 g/mol. The third kappa shape index (κ3) is 41.9. The van der Waals surface area contributed by atoms with Gasteiger partial charge in [-0.25, -0.2) is 0 Å². The van der Waals surface area contributed by atoms with Crippen molar-refractivity contribution in [2.75, 3.05) is 13.2 Å². The Hall–Kier alpha value is -1.59. The van der Waals surface area contributed by atoms with E-state index in [1.165, 1.54) is 141 Å². The molecule has 326 valence electrons. The molecule has 6 heteroatoms. The maximum atomic E-state index is 12.7. The van der Waals surface area contributed by atoms with Crippen molar-refractivity contribution in [1.82, 2.24) is 0 Å². The van der Waals surface area contributed by atoms with E-state index in [2.05, 4.69) is 41.5 Å². The molecule has 0 aliphatic rings. The van der Waals surface area contributed by atoms with Gasteiger partial charge in [-0.05, 0) is 37.0 Å². The van der Waals surface area contributed by atoms with E-state index in [9.17, 15) is 14.4 Å². The minimum Gasteiger partial charge on any atom is -0.462 e. The van der Waals surface area contributed by atoms with Gasteiger partial charge >= 0.3 is 17.9 Å². The van der Waals surface area contributed by atoms with Crippen molar-refractivity contribution in [1.29, 1.82) is 0 Å². The van der Waals surface area contributed by atoms with E-state index < -0.39 is 6.10 Å². The normalized spacial score (nSPS) is 12.7. The Labute approximate surface area is 342 Å². The maximum absolute atomic E-state index is 12.7. The van der Waals surface area contributed by atoms with Crippen LogP contribution < -0.4 is 0 Å². The molecule has 0 aromatic rings. The molecule has 0 aliphatic heterocycles. The first-order valence-corrected chi connectivity index (χ1v) is 24.1. The summed E-state index contributed by atoms with van der Waals surface area (Å²) >= 11 is 0. The lowest BCUT2D eigenvalue weighted by Gasteiger charge is -2.18. The quantitative estimate of drug-likeness (QED) is 0.0349. The molecule has 0 bridgehead atoms. The first-order valence-electron chi connectivity index (χ1n) is 24.1. The van der Waals surface area contributed by atoms with Crippen LogP contribution in [0.15, 0.2) is 0 Å². The standard InChI is InChI=1S/C49H94O6/c1-7-45(6)37-31-25-18-14-12-10-8-9-11-13-15-19-26-32-38-47(50)53-41-46(42-54-48(51)39-33-27-22-21-24-30-36-44(4)5)55-49(52)40-34-28-20-16-17-23-29-35-43(2)3/h43-46H,7-42H2,1-6H3/t45?,46-/m1/s1. The van der Waals surface area contributed by atoms with Crippen molar-refractivity contribution in [3.63, 3.8) is 0 Å². The second kappa shape index (κ2) is 40.6. The minimum absolute atomic E-state index is 0.0666. The zero-order valence-corrected chi connectivity index (χ0v) is 37.7. The van der Waals surface area contributed by atoms with Crippen molar-refractivity contribution in [3.05, 3.63) is 0 Å². The second-order valence-corrected chi connectivity index (χ2v) is 17.9. The van der Waals surface area contributed by atoms with Gasteiger partial charge in [0.25, 0.3) is 0 Å². The van der Waals surface area contributed by atoms with Gasteiger partial charge in [-0.2, -0.15) is 0 Å². The Morgan fingerprint density at radius 2 is 0.636 bits per heavy atom. The fourth-order valence-corrected chi connectivity index (χ4v) is 7.20. The summed E-state index contributed by atoms with van der Waals surface area (Å²) in [7, 11) is 0. The molecule has 2 atom stereocenters. The Bertz CT molecular complexity index is 854. The first-order chi connectivity index (χ1) is 26.6. The molecule has 0 fully saturated rings. The van der Waals surface area contributed by atoms with Crippen LogP contribution >= 0.6 is 0 Å². The monoisotopic (exact) mass is 779 g/mol. The molecule has 0 rings (SSSR count). The molecule has 1 unspecified atom stereocenters. The van der Waals surface area contributed by atoms with Gasteiger partial charge in [0.2, 0.25) is 0 Å². The number of hydrogen-bond donors (Lipinski definition) is 0. The molecule has 0 aliphatic carbocycles. The SMILES string of the molecule is CCC(C)CCCCCCCCCCCCCCCCC(=O)OC[C@H](COC(=O)CCCCCCCCC(C)C)OC(=O)CCCCCCCCCC(C)C. The molecule has 0 N–H and O–H groups in total. The first kappa shape index (κ1) is 53.4. The van der Waals surface area contributed by atoms with Crippen molar-refractivity contribution in [2.24, 2.45) is 17.8 Å². The number of rotatable bonds is 42. The average molecular weight is 779 g/mol. The topological polar surface area (TPSA) is 78.9 Å². The largest absolute Gasteiger partial charge is 0.462 e. The van der Waals surface area contributed by atoms with E-state index in [-0.39, 0.29) is 31.1 Å². The van der Waals surface area contributed by atoms with E-state index in [0.29, 0.717) is 19.3 Å². The zero-order valence-electron chi connectivity index (χ0n) is 37.7. The van der Waals surface area contributed by atoms with E-state index in [1.54, 1.807) is 0 Å². The number of esters is 3. The van der Waals surface area contributed by atoms with Crippen LogP contribution in [0.25, 0.3) is 0 Å². The molecule has 6 nitrogen and oxygen atoms in total. The molecule has 0 saturated carbocycles. The molecular formula is C49H94O6. The van der Waals surface area contributed by atoms with E-state index in [1.807, 2.05) is 0 Å². The number of carbonyl (C=O) groups is 3. The molecule has 55 heavy (non-hydrogen) atoms. The van der Waals surface area contributed by atoms with Gasteiger partial charge in [0, 0.05) is 19.3 Å². The number of ether oxygens (including phenoxy) is 3. The van der Waals surface area contributed by atoms with Gasteiger partial charge in [0.05, 0.1) is 0 Å². The highest BCUT2D eigenvalue weighted by Gasteiger charge is 2.19. The number of hydrogen-bond acceptors (Lipinski definition) is 6. The van der Waals surface area contributed by atoms with Crippen LogP contribution in [0.2, 0.25) is 0 Å². The highest BCUT2D eigenvalue weighted by molar-refractivity contribution is 5.71. The average Bonchev–Trinajstić information content (AvgIpc) is 3.15. The molecule has 0 spiro atoms.